The zero-order valence-electron chi connectivity index (χ0n) is 17.5. The van der Waals surface area contributed by atoms with Crippen molar-refractivity contribution < 1.29 is 23.9 Å². The Morgan fingerprint density at radius 1 is 1.09 bits per heavy atom. The van der Waals surface area contributed by atoms with Gasteiger partial charge in [-0.25, -0.2) is 5.43 Å². The van der Waals surface area contributed by atoms with Crippen LogP contribution in [0.15, 0.2) is 41.5 Å². The first kappa shape index (κ1) is 26.4. The molecule has 0 aliphatic rings. The highest BCUT2D eigenvalue weighted by Crippen LogP contribution is 2.29. The minimum atomic E-state index is -0.939. The van der Waals surface area contributed by atoms with E-state index in [0.717, 1.165) is 0 Å². The number of ether oxygens (including phenoxy) is 2. The van der Waals surface area contributed by atoms with Crippen LogP contribution in [0.25, 0.3) is 0 Å². The molecule has 176 valence electrons. The Balaban J connectivity index is 1.93. The molecule has 0 unspecified atom stereocenters. The smallest absolute Gasteiger partial charge is 0.329 e. The van der Waals surface area contributed by atoms with Crippen LogP contribution in [0.4, 0.5) is 5.69 Å². The first-order chi connectivity index (χ1) is 15.8. The van der Waals surface area contributed by atoms with Crippen molar-refractivity contribution >= 4 is 64.4 Å². The van der Waals surface area contributed by atoms with E-state index in [1.807, 2.05) is 0 Å². The van der Waals surface area contributed by atoms with Gasteiger partial charge in [0.25, 0.3) is 5.91 Å². The minimum absolute atomic E-state index is 0.213. The molecule has 0 heterocycles. The van der Waals surface area contributed by atoms with Crippen LogP contribution in [-0.4, -0.2) is 50.8 Å². The van der Waals surface area contributed by atoms with E-state index in [-0.39, 0.29) is 17.4 Å². The number of hydrazone groups is 1. The maximum Gasteiger partial charge on any atom is 0.329 e. The number of carbonyl (C=O) groups is 3. The van der Waals surface area contributed by atoms with Crippen molar-refractivity contribution in [3.8, 4) is 5.75 Å². The molecule has 0 saturated carbocycles. The molecule has 2 rings (SSSR count). The molecule has 0 fully saturated rings. The molecule has 0 saturated heterocycles. The number of hydrogen-bond donors (Lipinski definition) is 3. The summed E-state index contributed by atoms with van der Waals surface area (Å²) >= 11 is 18.0. The quantitative estimate of drug-likeness (QED) is 0.194. The lowest BCUT2D eigenvalue weighted by molar-refractivity contribution is -0.139. The molecule has 3 N–H and O–H groups in total. The summed E-state index contributed by atoms with van der Waals surface area (Å²) in [5, 5.41) is 9.67. The Morgan fingerprint density at radius 3 is 2.64 bits per heavy atom. The summed E-state index contributed by atoms with van der Waals surface area (Å²) in [7, 11) is 1.54. The van der Waals surface area contributed by atoms with Gasteiger partial charge >= 0.3 is 11.8 Å². The molecule has 9 nitrogen and oxygen atoms in total. The number of benzene rings is 2. The van der Waals surface area contributed by atoms with Crippen LogP contribution in [0.5, 0.6) is 5.75 Å². The summed E-state index contributed by atoms with van der Waals surface area (Å²) < 4.78 is 10.4. The molecular weight excluding hydrogens is 495 g/mol. The minimum Gasteiger partial charge on any atom is -0.483 e. The van der Waals surface area contributed by atoms with Crippen molar-refractivity contribution in [1.82, 2.24) is 10.7 Å². The SMILES string of the molecule is COCCCNC(=O)C(=O)N/N=C\c1cc(Cl)ccc1OCC(=O)Nc1cccc(Cl)c1Cl. The van der Waals surface area contributed by atoms with E-state index in [9.17, 15) is 14.4 Å². The van der Waals surface area contributed by atoms with Crippen LogP contribution < -0.4 is 20.8 Å². The van der Waals surface area contributed by atoms with Gasteiger partial charge in [-0.15, -0.1) is 0 Å². The van der Waals surface area contributed by atoms with E-state index in [4.69, 9.17) is 44.3 Å². The first-order valence-corrected chi connectivity index (χ1v) is 10.7. The number of methoxy groups -OCH3 is 1. The van der Waals surface area contributed by atoms with Crippen LogP contribution in [0.2, 0.25) is 15.1 Å². The van der Waals surface area contributed by atoms with E-state index >= 15 is 0 Å². The topological polar surface area (TPSA) is 118 Å². The number of anilines is 1. The molecule has 12 heteroatoms. The molecule has 2 aromatic carbocycles. The van der Waals surface area contributed by atoms with Gasteiger partial charge in [0.2, 0.25) is 0 Å². The van der Waals surface area contributed by atoms with E-state index in [1.54, 1.807) is 31.4 Å². The number of amides is 3. The summed E-state index contributed by atoms with van der Waals surface area (Å²) in [6, 6.07) is 9.46. The molecule has 0 spiro atoms. The van der Waals surface area contributed by atoms with Gasteiger partial charge in [-0.05, 0) is 36.8 Å². The molecule has 0 aliphatic carbocycles. The second-order valence-corrected chi connectivity index (χ2v) is 7.64. The third kappa shape index (κ3) is 8.89. The number of halogens is 3. The van der Waals surface area contributed by atoms with Gasteiger partial charge in [-0.3, -0.25) is 14.4 Å². The maximum absolute atomic E-state index is 12.2. The number of hydrogen-bond acceptors (Lipinski definition) is 6. The van der Waals surface area contributed by atoms with Gasteiger partial charge < -0.3 is 20.1 Å². The predicted octanol–water partition coefficient (Wildman–Crippen LogP) is 3.27. The third-order valence-corrected chi connectivity index (χ3v) is 5.00. The van der Waals surface area contributed by atoms with Crippen LogP contribution in [-0.2, 0) is 19.1 Å². The predicted molar refractivity (Wildman–Crippen MR) is 127 cm³/mol. The van der Waals surface area contributed by atoms with Gasteiger partial charge in [-0.2, -0.15) is 5.10 Å². The highest BCUT2D eigenvalue weighted by Gasteiger charge is 2.13. The van der Waals surface area contributed by atoms with E-state index < -0.39 is 17.7 Å². The van der Waals surface area contributed by atoms with Crippen molar-refractivity contribution in [2.24, 2.45) is 5.10 Å². The summed E-state index contributed by atoms with van der Waals surface area (Å²) in [6.45, 7) is 0.405. The van der Waals surface area contributed by atoms with Crippen LogP contribution in [0.3, 0.4) is 0 Å². The van der Waals surface area contributed by atoms with Crippen molar-refractivity contribution in [2.45, 2.75) is 6.42 Å². The second-order valence-electron chi connectivity index (χ2n) is 6.42. The number of nitrogens with zero attached hydrogens (tertiary/aromatic N) is 1. The Kier molecular flexibility index (Phi) is 10.9. The summed E-state index contributed by atoms with van der Waals surface area (Å²) in [5.74, 6) is -1.97. The van der Waals surface area contributed by atoms with Gasteiger partial charge in [0.1, 0.15) is 5.75 Å². The normalized spacial score (nSPS) is 10.7. The highest BCUT2D eigenvalue weighted by atomic mass is 35.5. The van der Waals surface area contributed by atoms with Crippen molar-refractivity contribution in [2.75, 3.05) is 32.2 Å². The lowest BCUT2D eigenvalue weighted by Crippen LogP contribution is -2.38. The van der Waals surface area contributed by atoms with E-state index in [2.05, 4.69) is 21.2 Å². The first-order valence-electron chi connectivity index (χ1n) is 9.58. The monoisotopic (exact) mass is 514 g/mol. The molecule has 0 bridgehead atoms. The highest BCUT2D eigenvalue weighted by molar-refractivity contribution is 6.44. The summed E-state index contributed by atoms with van der Waals surface area (Å²) in [6.07, 6.45) is 1.81. The lowest BCUT2D eigenvalue weighted by atomic mass is 10.2. The largest absolute Gasteiger partial charge is 0.483 e. The zero-order chi connectivity index (χ0) is 24.2. The number of rotatable bonds is 10. The number of carbonyl (C=O) groups excluding carboxylic acids is 3. The van der Waals surface area contributed by atoms with Gasteiger partial charge in [0.15, 0.2) is 6.61 Å². The molecule has 0 atom stereocenters. The summed E-state index contributed by atoms with van der Waals surface area (Å²) in [4.78, 5) is 35.7. The summed E-state index contributed by atoms with van der Waals surface area (Å²) in [5.41, 5.74) is 2.83. The van der Waals surface area contributed by atoms with Crippen LogP contribution in [0, 0.1) is 0 Å². The van der Waals surface area contributed by atoms with E-state index in [1.165, 1.54) is 18.3 Å². The Morgan fingerprint density at radius 2 is 1.88 bits per heavy atom. The Labute approximate surface area is 205 Å². The maximum atomic E-state index is 12.2. The van der Waals surface area contributed by atoms with Crippen molar-refractivity contribution in [1.29, 1.82) is 0 Å². The molecule has 0 aliphatic heterocycles. The fraction of sp³-hybridized carbons (Fsp3) is 0.238. The van der Waals surface area contributed by atoms with E-state index in [0.29, 0.717) is 40.9 Å². The lowest BCUT2D eigenvalue weighted by Gasteiger charge is -2.11. The van der Waals surface area contributed by atoms with Gasteiger partial charge in [0, 0.05) is 30.8 Å². The Hall–Kier alpha value is -2.85. The molecular formula is C21H21Cl3N4O5. The molecule has 33 heavy (non-hydrogen) atoms. The zero-order valence-corrected chi connectivity index (χ0v) is 19.8. The average molecular weight is 516 g/mol. The standard InChI is InChI=1S/C21H21Cl3N4O5/c1-32-9-3-8-25-20(30)21(31)28-26-11-13-10-14(22)6-7-17(13)33-12-18(29)27-16-5-2-4-15(23)19(16)24/h2,4-7,10-11H,3,8-9,12H2,1H3,(H,25,30)(H,27,29)(H,28,31)/b26-11-. The van der Waals surface area contributed by atoms with Gasteiger partial charge in [0.05, 0.1) is 21.9 Å². The van der Waals surface area contributed by atoms with Gasteiger partial charge in [-0.1, -0.05) is 40.9 Å². The molecule has 3 amide bonds. The number of nitrogens with one attached hydrogen (secondary N) is 3. The van der Waals surface area contributed by atoms with Crippen molar-refractivity contribution in [3.63, 3.8) is 0 Å². The molecule has 0 radical (unpaired) electrons. The van der Waals surface area contributed by atoms with Crippen LogP contribution >= 0.6 is 34.8 Å². The molecule has 0 aromatic heterocycles. The average Bonchev–Trinajstić information content (AvgIpc) is 2.79. The Bertz CT molecular complexity index is 1030. The van der Waals surface area contributed by atoms with Crippen LogP contribution in [0.1, 0.15) is 12.0 Å². The fourth-order valence-electron chi connectivity index (χ4n) is 2.39. The fourth-order valence-corrected chi connectivity index (χ4v) is 2.92. The third-order valence-electron chi connectivity index (χ3n) is 3.94. The second kappa shape index (κ2) is 13.6. The van der Waals surface area contributed by atoms with Crippen molar-refractivity contribution in [3.05, 3.63) is 57.0 Å². The molecule has 2 aromatic rings.